The quantitative estimate of drug-likeness (QED) is 0.939. The number of nitrogens with one attached hydrogen (secondary N) is 1. The fourth-order valence-corrected chi connectivity index (χ4v) is 2.84. The van der Waals surface area contributed by atoms with E-state index >= 15 is 0 Å². The molecule has 1 unspecified atom stereocenters. The van der Waals surface area contributed by atoms with Crippen LogP contribution in [0.1, 0.15) is 24.3 Å². The molecule has 0 bridgehead atoms. The highest BCUT2D eigenvalue weighted by Gasteiger charge is 2.36. The summed E-state index contributed by atoms with van der Waals surface area (Å²) in [6.07, 6.45) is 0. The van der Waals surface area contributed by atoms with Crippen LogP contribution in [0.4, 0.5) is 0 Å². The first-order valence-electron chi connectivity index (χ1n) is 7.68. The van der Waals surface area contributed by atoms with Crippen LogP contribution in [0.5, 0.6) is 0 Å². The number of hydrogen-bond donors (Lipinski definition) is 1. The number of carbonyl (C=O) groups excluding carboxylic acids is 2. The second-order valence-electron chi connectivity index (χ2n) is 5.92. The Morgan fingerprint density at radius 2 is 2.09 bits per heavy atom. The van der Waals surface area contributed by atoms with Gasteiger partial charge in [0.05, 0.1) is 0 Å². The van der Waals surface area contributed by atoms with E-state index in [-0.39, 0.29) is 23.4 Å². The largest absolute Gasteiger partial charge is 0.355 e. The maximum Gasteiger partial charge on any atom is 0.276 e. The second-order valence-corrected chi connectivity index (χ2v) is 5.92. The fraction of sp³-hybridized carbons (Fsp3) is 0.353. The van der Waals surface area contributed by atoms with E-state index in [1.54, 1.807) is 11.0 Å². The molecule has 2 amide bonds. The molecule has 0 radical (unpaired) electrons. The zero-order valence-electron chi connectivity index (χ0n) is 13.2. The van der Waals surface area contributed by atoms with Crippen LogP contribution in [-0.4, -0.2) is 41.0 Å². The highest BCUT2D eigenvalue weighted by atomic mass is 16.5. The average molecular weight is 313 g/mol. The van der Waals surface area contributed by atoms with Gasteiger partial charge in [-0.1, -0.05) is 49.3 Å². The molecule has 3 rings (SSSR count). The lowest BCUT2D eigenvalue weighted by Gasteiger charge is -2.36. The lowest BCUT2D eigenvalue weighted by atomic mass is 9.99. The molecule has 23 heavy (non-hydrogen) atoms. The van der Waals surface area contributed by atoms with E-state index in [0.29, 0.717) is 18.8 Å². The minimum Gasteiger partial charge on any atom is -0.355 e. The van der Waals surface area contributed by atoms with E-state index in [2.05, 4.69) is 10.5 Å². The van der Waals surface area contributed by atoms with Crippen LogP contribution in [-0.2, 0) is 4.79 Å². The lowest BCUT2D eigenvalue weighted by molar-refractivity contribution is -0.129. The molecule has 2 heterocycles. The van der Waals surface area contributed by atoms with Gasteiger partial charge >= 0.3 is 0 Å². The van der Waals surface area contributed by atoms with Crippen LogP contribution in [0.3, 0.4) is 0 Å². The summed E-state index contributed by atoms with van der Waals surface area (Å²) in [6, 6.07) is 10.6. The van der Waals surface area contributed by atoms with Gasteiger partial charge in [-0.15, -0.1) is 0 Å². The van der Waals surface area contributed by atoms with Crippen molar-refractivity contribution in [3.05, 3.63) is 42.1 Å². The van der Waals surface area contributed by atoms with Crippen molar-refractivity contribution in [1.82, 2.24) is 15.4 Å². The molecule has 1 aliphatic heterocycles. The van der Waals surface area contributed by atoms with Crippen molar-refractivity contribution in [2.45, 2.75) is 19.9 Å². The van der Waals surface area contributed by atoms with E-state index in [9.17, 15) is 9.59 Å². The van der Waals surface area contributed by atoms with Crippen molar-refractivity contribution in [1.29, 1.82) is 0 Å². The molecule has 6 nitrogen and oxygen atoms in total. The van der Waals surface area contributed by atoms with Crippen molar-refractivity contribution >= 4 is 11.8 Å². The van der Waals surface area contributed by atoms with Gasteiger partial charge in [0, 0.05) is 24.7 Å². The minimum absolute atomic E-state index is 0.0275. The maximum atomic E-state index is 12.7. The van der Waals surface area contributed by atoms with Gasteiger partial charge in [0.1, 0.15) is 6.04 Å². The van der Waals surface area contributed by atoms with Gasteiger partial charge in [-0.05, 0) is 5.92 Å². The predicted octanol–water partition coefficient (Wildman–Crippen LogP) is 1.94. The first-order valence-corrected chi connectivity index (χ1v) is 7.68. The number of rotatable bonds is 3. The maximum absolute atomic E-state index is 12.7. The molecular formula is C17H19N3O3. The third kappa shape index (κ3) is 2.97. The van der Waals surface area contributed by atoms with Gasteiger partial charge in [-0.2, -0.15) is 0 Å². The van der Waals surface area contributed by atoms with Crippen LogP contribution < -0.4 is 5.32 Å². The summed E-state index contributed by atoms with van der Waals surface area (Å²) < 4.78 is 5.29. The van der Waals surface area contributed by atoms with E-state index in [1.165, 1.54) is 0 Å². The Morgan fingerprint density at radius 3 is 2.78 bits per heavy atom. The zero-order valence-corrected chi connectivity index (χ0v) is 13.2. The molecule has 1 aliphatic rings. The van der Waals surface area contributed by atoms with Crippen LogP contribution in [0, 0.1) is 5.92 Å². The molecule has 1 aromatic carbocycles. The van der Waals surface area contributed by atoms with Gasteiger partial charge in [0.15, 0.2) is 11.5 Å². The summed E-state index contributed by atoms with van der Waals surface area (Å²) in [5.41, 5.74) is 1.08. The number of aromatic nitrogens is 1. The van der Waals surface area contributed by atoms with Gasteiger partial charge in [0.2, 0.25) is 5.91 Å². The van der Waals surface area contributed by atoms with Crippen LogP contribution in [0.15, 0.2) is 40.9 Å². The number of benzene rings is 1. The molecule has 1 saturated heterocycles. The number of piperazine rings is 1. The first kappa shape index (κ1) is 15.3. The number of hydrogen-bond acceptors (Lipinski definition) is 4. The highest BCUT2D eigenvalue weighted by molar-refractivity contribution is 5.97. The van der Waals surface area contributed by atoms with Crippen molar-refractivity contribution < 1.29 is 14.1 Å². The summed E-state index contributed by atoms with van der Waals surface area (Å²) in [5, 5.41) is 6.69. The first-order chi connectivity index (χ1) is 11.1. The highest BCUT2D eigenvalue weighted by Crippen LogP contribution is 2.22. The third-order valence-electron chi connectivity index (χ3n) is 3.94. The van der Waals surface area contributed by atoms with Gasteiger partial charge in [-0.3, -0.25) is 9.59 Å². The molecule has 6 heteroatoms. The normalized spacial score (nSPS) is 18.1. The van der Waals surface area contributed by atoms with Crippen LogP contribution in [0.2, 0.25) is 0 Å². The van der Waals surface area contributed by atoms with E-state index in [0.717, 1.165) is 5.56 Å². The fourth-order valence-electron chi connectivity index (χ4n) is 2.84. The van der Waals surface area contributed by atoms with Crippen molar-refractivity contribution in [2.24, 2.45) is 5.92 Å². The van der Waals surface area contributed by atoms with Gasteiger partial charge < -0.3 is 14.7 Å². The monoisotopic (exact) mass is 313 g/mol. The predicted molar refractivity (Wildman–Crippen MR) is 84.6 cm³/mol. The standard InChI is InChI=1S/C17H19N3O3/c1-11(2)15-16(21)18-8-9-20(15)17(22)13-10-14(23-19-13)12-6-4-3-5-7-12/h3-7,10-11,15H,8-9H2,1-2H3,(H,18,21). The Labute approximate surface area is 134 Å². The van der Waals surface area contributed by atoms with Gasteiger partial charge in [-0.25, -0.2) is 0 Å². The molecule has 1 aromatic heterocycles. The number of nitrogens with zero attached hydrogens (tertiary/aromatic N) is 2. The van der Waals surface area contributed by atoms with Crippen molar-refractivity contribution in [3.63, 3.8) is 0 Å². The Kier molecular flexibility index (Phi) is 4.14. The Bertz CT molecular complexity index is 709. The third-order valence-corrected chi connectivity index (χ3v) is 3.94. The van der Waals surface area contributed by atoms with Crippen LogP contribution >= 0.6 is 0 Å². The number of amides is 2. The average Bonchev–Trinajstić information content (AvgIpc) is 3.04. The smallest absolute Gasteiger partial charge is 0.276 e. The van der Waals surface area contributed by atoms with E-state index in [1.807, 2.05) is 44.2 Å². The molecule has 0 aliphatic carbocycles. The number of carbonyl (C=O) groups is 2. The van der Waals surface area contributed by atoms with E-state index in [4.69, 9.17) is 4.52 Å². The van der Waals surface area contributed by atoms with E-state index < -0.39 is 6.04 Å². The molecule has 2 aromatic rings. The summed E-state index contributed by atoms with van der Waals surface area (Å²) in [5.74, 6) is 0.173. The molecular weight excluding hydrogens is 294 g/mol. The topological polar surface area (TPSA) is 75.4 Å². The Hall–Kier alpha value is -2.63. The minimum atomic E-state index is -0.479. The lowest BCUT2D eigenvalue weighted by Crippen LogP contribution is -2.59. The SMILES string of the molecule is CC(C)C1C(=O)NCCN1C(=O)c1cc(-c2ccccc2)on1. The summed E-state index contributed by atoms with van der Waals surface area (Å²) >= 11 is 0. The second kappa shape index (κ2) is 6.24. The molecule has 0 spiro atoms. The van der Waals surface area contributed by atoms with Gasteiger partial charge in [0.25, 0.3) is 5.91 Å². The molecule has 1 fully saturated rings. The van der Waals surface area contributed by atoms with Crippen LogP contribution in [0.25, 0.3) is 11.3 Å². The Balaban J connectivity index is 1.85. The summed E-state index contributed by atoms with van der Waals surface area (Å²) in [7, 11) is 0. The summed E-state index contributed by atoms with van der Waals surface area (Å²) in [4.78, 5) is 26.4. The molecule has 1 N–H and O–H groups in total. The molecule has 120 valence electrons. The zero-order chi connectivity index (χ0) is 16.4. The molecule has 0 saturated carbocycles. The van der Waals surface area contributed by atoms with Crippen molar-refractivity contribution in [3.8, 4) is 11.3 Å². The van der Waals surface area contributed by atoms with Crippen molar-refractivity contribution in [2.75, 3.05) is 13.1 Å². The summed E-state index contributed by atoms with van der Waals surface area (Å²) in [6.45, 7) is 4.78. The molecule has 1 atom stereocenters. The Morgan fingerprint density at radius 1 is 1.35 bits per heavy atom.